The minimum atomic E-state index is -0.583. The van der Waals surface area contributed by atoms with E-state index in [1.54, 1.807) is 32.9 Å². The van der Waals surface area contributed by atoms with Crippen LogP contribution in [-0.4, -0.2) is 17.5 Å². The molecule has 1 aromatic carbocycles. The Morgan fingerprint density at radius 3 is 2.33 bits per heavy atom. The Balaban J connectivity index is 2.80. The van der Waals surface area contributed by atoms with Gasteiger partial charge >= 0.3 is 6.09 Å². The highest BCUT2D eigenvalue weighted by Crippen LogP contribution is 2.24. The fraction of sp³-hybridized carbons (Fsp3) is 0.385. The Hall–Kier alpha value is -1.55. The summed E-state index contributed by atoms with van der Waals surface area (Å²) in [5, 5.41) is 2.83. The van der Waals surface area contributed by atoms with Crippen molar-refractivity contribution in [3.05, 3.63) is 28.8 Å². The lowest BCUT2D eigenvalue weighted by atomic mass is 10.1. The van der Waals surface area contributed by atoms with E-state index >= 15 is 0 Å². The number of anilines is 1. The van der Waals surface area contributed by atoms with Gasteiger partial charge in [0.25, 0.3) is 0 Å². The molecule has 0 aliphatic heterocycles. The zero-order chi connectivity index (χ0) is 13.9. The van der Waals surface area contributed by atoms with E-state index in [2.05, 4.69) is 5.32 Å². The average Bonchev–Trinajstić information content (AvgIpc) is 2.17. The Bertz CT molecular complexity index is 478. The molecule has 0 unspecified atom stereocenters. The predicted octanol–water partition coefficient (Wildman–Crippen LogP) is 3.89. The summed E-state index contributed by atoms with van der Waals surface area (Å²) < 4.78 is 5.10. The van der Waals surface area contributed by atoms with Crippen LogP contribution < -0.4 is 5.32 Å². The van der Waals surface area contributed by atoms with Crippen molar-refractivity contribution in [1.29, 1.82) is 0 Å². The maximum absolute atomic E-state index is 11.5. The molecule has 0 aliphatic rings. The van der Waals surface area contributed by atoms with Crippen molar-refractivity contribution >= 4 is 29.2 Å². The van der Waals surface area contributed by atoms with Gasteiger partial charge < -0.3 is 4.74 Å². The smallest absolute Gasteiger partial charge is 0.412 e. The quantitative estimate of drug-likeness (QED) is 0.829. The molecule has 0 heterocycles. The molecule has 1 rings (SSSR count). The molecule has 1 amide bonds. The number of halogens is 1. The molecule has 0 fully saturated rings. The summed E-state index contributed by atoms with van der Waals surface area (Å²) in [4.78, 5) is 22.7. The summed E-state index contributed by atoms with van der Waals surface area (Å²) in [7, 11) is 0. The number of ether oxygens (including phenoxy) is 1. The van der Waals surface area contributed by atoms with Crippen molar-refractivity contribution in [3.63, 3.8) is 0 Å². The maximum atomic E-state index is 11.5. The lowest BCUT2D eigenvalue weighted by molar-refractivity contribution is 0.0636. The van der Waals surface area contributed by atoms with Gasteiger partial charge in [0.05, 0.1) is 10.7 Å². The van der Waals surface area contributed by atoms with E-state index in [-0.39, 0.29) is 5.78 Å². The molecule has 0 saturated heterocycles. The molecular formula is C13H16ClNO3. The maximum Gasteiger partial charge on any atom is 0.412 e. The fourth-order valence-corrected chi connectivity index (χ4v) is 1.48. The summed E-state index contributed by atoms with van der Waals surface area (Å²) >= 11 is 5.97. The van der Waals surface area contributed by atoms with Crippen molar-refractivity contribution in [3.8, 4) is 0 Å². The molecule has 0 atom stereocenters. The predicted molar refractivity (Wildman–Crippen MR) is 71.3 cm³/mol. The van der Waals surface area contributed by atoms with Crippen LogP contribution in [0, 0.1) is 0 Å². The Morgan fingerprint density at radius 2 is 1.89 bits per heavy atom. The first-order valence-corrected chi connectivity index (χ1v) is 5.87. The van der Waals surface area contributed by atoms with Crippen LogP contribution in [0.15, 0.2) is 18.2 Å². The summed E-state index contributed by atoms with van der Waals surface area (Å²) in [5.74, 6) is -0.0827. The van der Waals surface area contributed by atoms with Crippen molar-refractivity contribution in [2.75, 3.05) is 5.32 Å². The third-order valence-corrected chi connectivity index (χ3v) is 2.32. The molecule has 1 aromatic rings. The Morgan fingerprint density at radius 1 is 1.28 bits per heavy atom. The third kappa shape index (κ3) is 4.37. The van der Waals surface area contributed by atoms with E-state index in [4.69, 9.17) is 16.3 Å². The van der Waals surface area contributed by atoms with Crippen LogP contribution in [0.1, 0.15) is 38.1 Å². The van der Waals surface area contributed by atoms with Crippen LogP contribution in [0.4, 0.5) is 10.5 Å². The Labute approximate surface area is 111 Å². The molecular weight excluding hydrogens is 254 g/mol. The summed E-state index contributed by atoms with van der Waals surface area (Å²) in [6.07, 6.45) is -0.583. The molecule has 0 radical (unpaired) electrons. The van der Waals surface area contributed by atoms with Crippen molar-refractivity contribution in [2.45, 2.75) is 33.3 Å². The van der Waals surface area contributed by atoms with Crippen LogP contribution in [0.2, 0.25) is 5.02 Å². The number of amides is 1. The summed E-state index contributed by atoms with van der Waals surface area (Å²) in [6.45, 7) is 6.76. The van der Waals surface area contributed by atoms with E-state index in [1.165, 1.54) is 13.0 Å². The molecule has 0 saturated carbocycles. The van der Waals surface area contributed by atoms with Crippen molar-refractivity contribution in [1.82, 2.24) is 0 Å². The first kappa shape index (κ1) is 14.5. The number of rotatable bonds is 2. The topological polar surface area (TPSA) is 55.4 Å². The van der Waals surface area contributed by atoms with Gasteiger partial charge in [-0.2, -0.15) is 0 Å². The van der Waals surface area contributed by atoms with Crippen LogP contribution in [0.25, 0.3) is 0 Å². The minimum Gasteiger partial charge on any atom is -0.444 e. The van der Waals surface area contributed by atoms with E-state index in [9.17, 15) is 9.59 Å². The second-order valence-electron chi connectivity index (χ2n) is 4.88. The highest BCUT2D eigenvalue weighted by Gasteiger charge is 2.17. The van der Waals surface area contributed by atoms with Gasteiger partial charge in [0.15, 0.2) is 5.78 Å². The third-order valence-electron chi connectivity index (χ3n) is 2.01. The van der Waals surface area contributed by atoms with E-state index in [1.807, 2.05) is 0 Å². The van der Waals surface area contributed by atoms with E-state index in [0.717, 1.165) is 0 Å². The molecule has 0 aliphatic carbocycles. The second-order valence-corrected chi connectivity index (χ2v) is 5.28. The summed E-state index contributed by atoms with van der Waals surface area (Å²) in [6, 6.07) is 4.68. The van der Waals surface area contributed by atoms with Gasteiger partial charge in [0.2, 0.25) is 0 Å². The summed E-state index contributed by atoms with van der Waals surface area (Å²) in [5.41, 5.74) is 0.334. The lowest BCUT2D eigenvalue weighted by Crippen LogP contribution is -2.27. The normalized spacial score (nSPS) is 10.9. The van der Waals surface area contributed by atoms with Crippen LogP contribution in [-0.2, 0) is 4.74 Å². The number of carbonyl (C=O) groups excluding carboxylic acids is 2. The van der Waals surface area contributed by atoms with Gasteiger partial charge in [0.1, 0.15) is 5.60 Å². The lowest BCUT2D eigenvalue weighted by Gasteiger charge is -2.20. The van der Waals surface area contributed by atoms with E-state index < -0.39 is 11.7 Å². The van der Waals surface area contributed by atoms with E-state index in [0.29, 0.717) is 16.3 Å². The number of Topliss-reactive ketones (excluding diaryl/α,β-unsaturated/α-hetero) is 1. The largest absolute Gasteiger partial charge is 0.444 e. The number of ketones is 1. The number of nitrogens with one attached hydrogen (secondary N) is 1. The van der Waals surface area contributed by atoms with Crippen molar-refractivity contribution < 1.29 is 14.3 Å². The first-order chi connectivity index (χ1) is 8.19. The molecule has 5 heteroatoms. The molecule has 98 valence electrons. The van der Waals surface area contributed by atoms with Crippen LogP contribution >= 0.6 is 11.6 Å². The highest BCUT2D eigenvalue weighted by atomic mass is 35.5. The van der Waals surface area contributed by atoms with Gasteiger partial charge in [-0.1, -0.05) is 11.6 Å². The molecule has 4 nitrogen and oxygen atoms in total. The molecule has 0 spiro atoms. The number of benzene rings is 1. The molecule has 0 aromatic heterocycles. The zero-order valence-electron chi connectivity index (χ0n) is 10.8. The number of carbonyl (C=O) groups is 2. The Kier molecular flexibility index (Phi) is 4.35. The SMILES string of the molecule is CC(=O)c1ccc(NC(=O)OC(C)(C)C)c(Cl)c1. The highest BCUT2D eigenvalue weighted by molar-refractivity contribution is 6.34. The van der Waals surface area contributed by atoms with Gasteiger partial charge in [-0.05, 0) is 45.9 Å². The number of hydrogen-bond acceptors (Lipinski definition) is 3. The minimum absolute atomic E-state index is 0.0827. The van der Waals surface area contributed by atoms with Gasteiger partial charge in [-0.3, -0.25) is 10.1 Å². The second kappa shape index (κ2) is 5.40. The fourth-order valence-electron chi connectivity index (χ4n) is 1.25. The monoisotopic (exact) mass is 269 g/mol. The standard InChI is InChI=1S/C13H16ClNO3/c1-8(16)9-5-6-11(10(14)7-9)15-12(17)18-13(2,3)4/h5-7H,1-4H3,(H,15,17). The number of hydrogen-bond donors (Lipinski definition) is 1. The van der Waals surface area contributed by atoms with Gasteiger partial charge in [-0.15, -0.1) is 0 Å². The zero-order valence-corrected chi connectivity index (χ0v) is 11.6. The molecule has 0 bridgehead atoms. The molecule has 1 N–H and O–H groups in total. The van der Waals surface area contributed by atoms with Gasteiger partial charge in [-0.25, -0.2) is 4.79 Å². The molecule has 18 heavy (non-hydrogen) atoms. The van der Waals surface area contributed by atoms with Crippen LogP contribution in [0.3, 0.4) is 0 Å². The van der Waals surface area contributed by atoms with Crippen LogP contribution in [0.5, 0.6) is 0 Å². The van der Waals surface area contributed by atoms with Gasteiger partial charge in [0, 0.05) is 5.56 Å². The first-order valence-electron chi connectivity index (χ1n) is 5.49. The average molecular weight is 270 g/mol. The van der Waals surface area contributed by atoms with Crippen molar-refractivity contribution in [2.24, 2.45) is 0 Å².